The molecule has 0 bridgehead atoms. The lowest BCUT2D eigenvalue weighted by molar-refractivity contribution is -0.139. The molecule has 6 nitrogen and oxygen atoms in total. The Morgan fingerprint density at radius 2 is 1.86 bits per heavy atom. The number of ether oxygens (including phenoxy) is 1. The first-order valence-electron chi connectivity index (χ1n) is 9.78. The van der Waals surface area contributed by atoms with E-state index in [0.717, 1.165) is 24.9 Å². The van der Waals surface area contributed by atoms with E-state index in [-0.39, 0.29) is 6.42 Å². The third-order valence-corrected chi connectivity index (χ3v) is 4.81. The number of nitrogens with one attached hydrogen (secondary N) is 1. The van der Waals surface area contributed by atoms with E-state index in [2.05, 4.69) is 30.1 Å². The molecule has 1 heterocycles. The summed E-state index contributed by atoms with van der Waals surface area (Å²) in [6.45, 7) is 10.4. The lowest BCUT2D eigenvalue weighted by Gasteiger charge is -2.35. The zero-order chi connectivity index (χ0) is 20.9. The molecule has 2 atom stereocenters. The Morgan fingerprint density at radius 3 is 2.39 bits per heavy atom. The van der Waals surface area contributed by atoms with Crippen LogP contribution in [0.2, 0.25) is 0 Å². The van der Waals surface area contributed by atoms with Crippen LogP contribution in [0.1, 0.15) is 58.6 Å². The fourth-order valence-electron chi connectivity index (χ4n) is 3.30. The van der Waals surface area contributed by atoms with Gasteiger partial charge in [-0.15, -0.1) is 0 Å². The van der Waals surface area contributed by atoms with Gasteiger partial charge in [0.1, 0.15) is 11.6 Å². The van der Waals surface area contributed by atoms with Crippen LogP contribution in [0.5, 0.6) is 0 Å². The molecule has 154 valence electrons. The van der Waals surface area contributed by atoms with E-state index < -0.39 is 23.7 Å². The summed E-state index contributed by atoms with van der Waals surface area (Å²) in [5.74, 6) is -1.09. The zero-order valence-electron chi connectivity index (χ0n) is 17.5. The number of hydrogen-bond donors (Lipinski definition) is 2. The summed E-state index contributed by atoms with van der Waals surface area (Å²) in [6.07, 6.45) is 4.04. The molecule has 1 aromatic rings. The molecule has 6 heteroatoms. The van der Waals surface area contributed by atoms with Gasteiger partial charge in [-0.25, -0.2) is 9.59 Å². The number of carboxylic acid groups (broad SMARTS) is 1. The second-order valence-electron chi connectivity index (χ2n) is 8.46. The smallest absolute Gasteiger partial charge is 0.408 e. The monoisotopic (exact) mass is 388 g/mol. The Labute approximate surface area is 167 Å². The van der Waals surface area contributed by atoms with E-state index >= 15 is 0 Å². The number of alkyl carbamates (subject to hydrolysis) is 1. The number of carboxylic acids is 1. The third-order valence-electron chi connectivity index (χ3n) is 4.81. The number of carbonyl (C=O) groups excluding carboxylic acids is 1. The van der Waals surface area contributed by atoms with Crippen LogP contribution in [0.3, 0.4) is 0 Å². The van der Waals surface area contributed by atoms with Crippen molar-refractivity contribution in [2.24, 2.45) is 0 Å². The molecule has 0 unspecified atom stereocenters. The highest BCUT2D eigenvalue weighted by atomic mass is 16.6. The normalized spacial score (nSPS) is 18.2. The zero-order valence-corrected chi connectivity index (χ0v) is 17.5. The average Bonchev–Trinajstić information content (AvgIpc) is 2.57. The van der Waals surface area contributed by atoms with Gasteiger partial charge in [-0.3, -0.25) is 0 Å². The van der Waals surface area contributed by atoms with Crippen molar-refractivity contribution in [3.05, 3.63) is 47.2 Å². The molecule has 0 fully saturated rings. The summed E-state index contributed by atoms with van der Waals surface area (Å²) in [7, 11) is 0. The first-order valence-corrected chi connectivity index (χ1v) is 9.78. The quantitative estimate of drug-likeness (QED) is 0.767. The standard InChI is InChI=1S/C22H32N2O4/c1-15-7-6-8-16(2)24(15)14-18-11-9-17(10-12-18)13-19(20(25)26)23-21(27)28-22(3,4)5/h7,9-12,16,19H,6,8,13-14H2,1-5H3,(H,23,27)(H,25,26)/t16-,19+/m0/s1. The molecule has 1 aliphatic heterocycles. The molecule has 28 heavy (non-hydrogen) atoms. The Bertz CT molecular complexity index is 719. The van der Waals surface area contributed by atoms with Crippen LogP contribution < -0.4 is 5.32 Å². The minimum atomic E-state index is -1.09. The Hall–Kier alpha value is -2.50. The van der Waals surface area contributed by atoms with Gasteiger partial charge >= 0.3 is 12.1 Å². The van der Waals surface area contributed by atoms with Crippen LogP contribution >= 0.6 is 0 Å². The van der Waals surface area contributed by atoms with E-state index in [1.165, 1.54) is 11.3 Å². The van der Waals surface area contributed by atoms with Crippen molar-refractivity contribution in [1.29, 1.82) is 0 Å². The Morgan fingerprint density at radius 1 is 1.25 bits per heavy atom. The largest absolute Gasteiger partial charge is 0.480 e. The molecule has 0 saturated carbocycles. The molecule has 0 aliphatic carbocycles. The summed E-state index contributed by atoms with van der Waals surface area (Å²) in [5.41, 5.74) is 2.66. The van der Waals surface area contributed by atoms with Crippen molar-refractivity contribution in [3.63, 3.8) is 0 Å². The maximum Gasteiger partial charge on any atom is 0.408 e. The summed E-state index contributed by atoms with van der Waals surface area (Å²) in [6, 6.07) is 7.38. The van der Waals surface area contributed by atoms with Crippen LogP contribution in [0.25, 0.3) is 0 Å². The number of aliphatic carboxylic acids is 1. The van der Waals surface area contributed by atoms with Crippen LogP contribution in [0.4, 0.5) is 4.79 Å². The van der Waals surface area contributed by atoms with Crippen molar-refractivity contribution < 1.29 is 19.4 Å². The van der Waals surface area contributed by atoms with Crippen LogP contribution in [-0.4, -0.2) is 39.8 Å². The molecular weight excluding hydrogens is 356 g/mol. The Balaban J connectivity index is 1.99. The van der Waals surface area contributed by atoms with Crippen molar-refractivity contribution >= 4 is 12.1 Å². The van der Waals surface area contributed by atoms with E-state index in [4.69, 9.17) is 4.74 Å². The molecule has 0 spiro atoms. The van der Waals surface area contributed by atoms with Gasteiger partial charge in [0.25, 0.3) is 0 Å². The maximum absolute atomic E-state index is 11.9. The van der Waals surface area contributed by atoms with E-state index in [9.17, 15) is 14.7 Å². The van der Waals surface area contributed by atoms with Gasteiger partial charge in [0.2, 0.25) is 0 Å². The number of carbonyl (C=O) groups is 2. The van der Waals surface area contributed by atoms with Crippen molar-refractivity contribution in [1.82, 2.24) is 10.2 Å². The molecule has 1 aromatic carbocycles. The fourth-order valence-corrected chi connectivity index (χ4v) is 3.30. The lowest BCUT2D eigenvalue weighted by Crippen LogP contribution is -2.44. The van der Waals surface area contributed by atoms with Gasteiger partial charge < -0.3 is 20.1 Å². The second-order valence-corrected chi connectivity index (χ2v) is 8.46. The number of amides is 1. The molecule has 0 saturated heterocycles. The minimum Gasteiger partial charge on any atom is -0.480 e. The molecule has 1 amide bonds. The van der Waals surface area contributed by atoms with Gasteiger partial charge in [-0.05, 0) is 58.6 Å². The average molecular weight is 389 g/mol. The maximum atomic E-state index is 11.9. The van der Waals surface area contributed by atoms with Gasteiger partial charge in [-0.2, -0.15) is 0 Å². The summed E-state index contributed by atoms with van der Waals surface area (Å²) in [4.78, 5) is 25.8. The van der Waals surface area contributed by atoms with Gasteiger partial charge in [0.15, 0.2) is 0 Å². The van der Waals surface area contributed by atoms with Crippen LogP contribution in [0.15, 0.2) is 36.0 Å². The van der Waals surface area contributed by atoms with Crippen molar-refractivity contribution in [3.8, 4) is 0 Å². The number of benzene rings is 1. The first-order chi connectivity index (χ1) is 13.0. The molecule has 2 N–H and O–H groups in total. The predicted molar refractivity (Wildman–Crippen MR) is 109 cm³/mol. The third kappa shape index (κ3) is 6.59. The van der Waals surface area contributed by atoms with Gasteiger partial charge in [0.05, 0.1) is 0 Å². The molecule has 1 aliphatic rings. The SMILES string of the molecule is CC1=CCC[C@H](C)N1Cc1ccc(C[C@@H](NC(=O)OC(C)(C)C)C(=O)O)cc1. The van der Waals surface area contributed by atoms with E-state index in [1.807, 2.05) is 24.3 Å². The molecule has 0 radical (unpaired) electrons. The van der Waals surface area contributed by atoms with Crippen molar-refractivity contribution in [2.45, 2.75) is 78.1 Å². The molecule has 2 rings (SSSR count). The Kier molecular flexibility index (Phi) is 7.11. The first kappa shape index (κ1) is 21.8. The fraction of sp³-hybridized carbons (Fsp3) is 0.545. The van der Waals surface area contributed by atoms with E-state index in [0.29, 0.717) is 6.04 Å². The summed E-state index contributed by atoms with van der Waals surface area (Å²) in [5, 5.41) is 11.9. The number of rotatable bonds is 6. The van der Waals surface area contributed by atoms with Crippen LogP contribution in [0, 0.1) is 0 Å². The topological polar surface area (TPSA) is 78.9 Å². The molecule has 0 aromatic heterocycles. The second kappa shape index (κ2) is 9.13. The number of hydrogen-bond acceptors (Lipinski definition) is 4. The van der Waals surface area contributed by atoms with E-state index in [1.54, 1.807) is 20.8 Å². The minimum absolute atomic E-state index is 0.202. The van der Waals surface area contributed by atoms with Crippen molar-refractivity contribution in [2.75, 3.05) is 0 Å². The highest BCUT2D eigenvalue weighted by Crippen LogP contribution is 2.23. The van der Waals surface area contributed by atoms with Crippen LogP contribution in [-0.2, 0) is 22.5 Å². The summed E-state index contributed by atoms with van der Waals surface area (Å²) >= 11 is 0. The summed E-state index contributed by atoms with van der Waals surface area (Å²) < 4.78 is 5.16. The molecular formula is C22H32N2O4. The highest BCUT2D eigenvalue weighted by Gasteiger charge is 2.24. The highest BCUT2D eigenvalue weighted by molar-refractivity contribution is 5.80. The lowest BCUT2D eigenvalue weighted by atomic mass is 10.0. The number of allylic oxidation sites excluding steroid dienone is 2. The van der Waals surface area contributed by atoms with Gasteiger partial charge in [-0.1, -0.05) is 30.3 Å². The number of nitrogens with zero attached hydrogens (tertiary/aromatic N) is 1. The van der Waals surface area contributed by atoms with Gasteiger partial charge in [0, 0.05) is 24.7 Å². The predicted octanol–water partition coefficient (Wildman–Crippen LogP) is 4.10.